The Morgan fingerprint density at radius 1 is 1.10 bits per heavy atom. The van der Waals surface area contributed by atoms with Crippen molar-refractivity contribution in [1.82, 2.24) is 25.0 Å². The highest BCUT2D eigenvalue weighted by Crippen LogP contribution is 2.47. The average Bonchev–Trinajstić information content (AvgIpc) is 3.55. The molecular formula is C29H31F3N6O2S. The molecule has 216 valence electrons. The number of aromatic nitrogens is 3. The molecule has 2 saturated heterocycles. The van der Waals surface area contributed by atoms with Crippen molar-refractivity contribution in [1.29, 1.82) is 0 Å². The van der Waals surface area contributed by atoms with Crippen molar-refractivity contribution >= 4 is 27.2 Å². The molecule has 6 heterocycles. The molecule has 3 aliphatic rings. The Morgan fingerprint density at radius 2 is 1.93 bits per heavy atom. The molecule has 0 amide bonds. The molecule has 0 spiro atoms. The van der Waals surface area contributed by atoms with Crippen molar-refractivity contribution in [3.05, 3.63) is 47.0 Å². The lowest BCUT2D eigenvalue weighted by atomic mass is 9.97. The van der Waals surface area contributed by atoms with Crippen LogP contribution in [0.5, 0.6) is 5.75 Å². The zero-order valence-electron chi connectivity index (χ0n) is 22.9. The molecule has 1 unspecified atom stereocenters. The van der Waals surface area contributed by atoms with E-state index in [0.29, 0.717) is 36.6 Å². The number of thiophene rings is 1. The van der Waals surface area contributed by atoms with Gasteiger partial charge in [-0.1, -0.05) is 0 Å². The van der Waals surface area contributed by atoms with Crippen LogP contribution in [0.15, 0.2) is 29.6 Å². The maximum absolute atomic E-state index is 15.8. The number of benzene rings is 1. The average molecular weight is 585 g/mol. The molecule has 0 radical (unpaired) electrons. The van der Waals surface area contributed by atoms with Crippen molar-refractivity contribution < 1.29 is 22.6 Å². The van der Waals surface area contributed by atoms with Crippen LogP contribution >= 0.6 is 11.3 Å². The molecule has 7 rings (SSSR count). The molecule has 3 aliphatic heterocycles. The molecule has 8 nitrogen and oxygen atoms in total. The van der Waals surface area contributed by atoms with Crippen molar-refractivity contribution in [3.63, 3.8) is 0 Å². The molecule has 0 aliphatic carbocycles. The fraction of sp³-hybridized carbons (Fsp3) is 0.448. The number of nitrogens with one attached hydrogen (secondary N) is 1. The highest BCUT2D eigenvalue weighted by Gasteiger charge is 2.40. The number of anilines is 1. The lowest BCUT2D eigenvalue weighted by molar-refractivity contribution is 0.0171. The van der Waals surface area contributed by atoms with Crippen LogP contribution in [0.3, 0.4) is 0 Å². The lowest BCUT2D eigenvalue weighted by Crippen LogP contribution is -2.66. The molecule has 2 fully saturated rings. The summed E-state index contributed by atoms with van der Waals surface area (Å²) >= 11 is 1.48. The van der Waals surface area contributed by atoms with Gasteiger partial charge in [0.15, 0.2) is 0 Å². The minimum absolute atomic E-state index is 0.0895. The number of methoxy groups -OCH3 is 1. The van der Waals surface area contributed by atoms with Crippen LogP contribution in [0.25, 0.3) is 32.6 Å². The number of halogens is 3. The quantitative estimate of drug-likeness (QED) is 0.303. The topological polar surface area (TPSA) is 67.7 Å². The first kappa shape index (κ1) is 26.7. The van der Waals surface area contributed by atoms with Crippen molar-refractivity contribution in [2.24, 2.45) is 0 Å². The smallest absolute Gasteiger partial charge is 0.138 e. The number of hydrogen-bond donors (Lipinski definition) is 1. The summed E-state index contributed by atoms with van der Waals surface area (Å²) in [6.45, 7) is 6.41. The summed E-state index contributed by atoms with van der Waals surface area (Å²) in [4.78, 5) is 9.52. The van der Waals surface area contributed by atoms with E-state index >= 15 is 4.39 Å². The van der Waals surface area contributed by atoms with Crippen molar-refractivity contribution in [3.8, 4) is 28.3 Å². The van der Waals surface area contributed by atoms with E-state index in [1.165, 1.54) is 17.4 Å². The minimum atomic E-state index is -0.744. The second-order valence-corrected chi connectivity index (χ2v) is 11.8. The first-order chi connectivity index (χ1) is 19.9. The van der Waals surface area contributed by atoms with E-state index in [4.69, 9.17) is 19.6 Å². The van der Waals surface area contributed by atoms with Crippen LogP contribution in [-0.4, -0.2) is 84.9 Å². The summed E-state index contributed by atoms with van der Waals surface area (Å²) < 4.78 is 57.5. The van der Waals surface area contributed by atoms with E-state index in [2.05, 4.69) is 22.0 Å². The monoisotopic (exact) mass is 584 g/mol. The van der Waals surface area contributed by atoms with Crippen LogP contribution < -0.4 is 15.0 Å². The third kappa shape index (κ3) is 4.66. The van der Waals surface area contributed by atoms with Crippen molar-refractivity contribution in [2.45, 2.75) is 31.7 Å². The molecule has 0 bridgehead atoms. The van der Waals surface area contributed by atoms with Gasteiger partial charge < -0.3 is 19.7 Å². The molecule has 1 aromatic carbocycles. The Bertz CT molecular complexity index is 1600. The van der Waals surface area contributed by atoms with Gasteiger partial charge in [0.25, 0.3) is 0 Å². The molecule has 1 N–H and O–H groups in total. The third-order valence-corrected chi connectivity index (χ3v) is 9.15. The van der Waals surface area contributed by atoms with Gasteiger partial charge in [-0.25, -0.2) is 18.2 Å². The number of likely N-dealkylation sites (tertiary alicyclic amines) is 1. The van der Waals surface area contributed by atoms with E-state index in [9.17, 15) is 8.78 Å². The Morgan fingerprint density at radius 3 is 2.68 bits per heavy atom. The number of rotatable bonds is 8. The number of pyridine rings is 1. The number of alkyl halides is 1. The zero-order valence-corrected chi connectivity index (χ0v) is 23.7. The predicted octanol–water partition coefficient (Wildman–Crippen LogP) is 4.64. The Kier molecular flexibility index (Phi) is 6.88. The fourth-order valence-corrected chi connectivity index (χ4v) is 6.93. The van der Waals surface area contributed by atoms with Gasteiger partial charge >= 0.3 is 0 Å². The SMILES string of the molecule is COCCOc1cc(F)cc(F)c1-c1c(-c2cc3n(n2)CCNC3C)nc(N2CC(N3CC(F)C3)C2)c2ccsc12. The summed E-state index contributed by atoms with van der Waals surface area (Å²) in [6.07, 6.45) is -0.744. The zero-order chi connectivity index (χ0) is 28.2. The molecule has 4 aromatic rings. The largest absolute Gasteiger partial charge is 0.490 e. The van der Waals surface area contributed by atoms with Gasteiger partial charge in [-0.05, 0) is 24.4 Å². The van der Waals surface area contributed by atoms with Gasteiger partial charge in [-0.15, -0.1) is 11.3 Å². The van der Waals surface area contributed by atoms with Crippen LogP contribution in [0.2, 0.25) is 0 Å². The number of nitrogens with zero attached hydrogens (tertiary/aromatic N) is 5. The number of fused-ring (bicyclic) bond motifs is 2. The molecule has 1 atom stereocenters. The van der Waals surface area contributed by atoms with E-state index in [-0.39, 0.29) is 36.6 Å². The fourth-order valence-electron chi connectivity index (χ4n) is 5.99. The van der Waals surface area contributed by atoms with Gasteiger partial charge in [-0.3, -0.25) is 9.58 Å². The Hall–Kier alpha value is -3.19. The van der Waals surface area contributed by atoms with Crippen molar-refractivity contribution in [2.75, 3.05) is 57.9 Å². The van der Waals surface area contributed by atoms with Crippen LogP contribution in [0.1, 0.15) is 18.7 Å². The van der Waals surface area contributed by atoms with Gasteiger partial charge in [0.2, 0.25) is 0 Å². The summed E-state index contributed by atoms with van der Waals surface area (Å²) in [5.41, 5.74) is 2.83. The highest BCUT2D eigenvalue weighted by atomic mass is 32.1. The van der Waals surface area contributed by atoms with Gasteiger partial charge in [0.1, 0.15) is 47.4 Å². The normalized spacial score (nSPS) is 19.8. The molecular weight excluding hydrogens is 553 g/mol. The maximum atomic E-state index is 15.8. The molecule has 3 aromatic heterocycles. The third-order valence-electron chi connectivity index (χ3n) is 8.22. The van der Waals surface area contributed by atoms with Gasteiger partial charge in [-0.2, -0.15) is 5.10 Å². The molecule has 12 heteroatoms. The first-order valence-electron chi connectivity index (χ1n) is 13.9. The Labute approximate surface area is 239 Å². The second kappa shape index (κ2) is 10.6. The summed E-state index contributed by atoms with van der Waals surface area (Å²) in [7, 11) is 1.54. The van der Waals surface area contributed by atoms with Gasteiger partial charge in [0, 0.05) is 79.7 Å². The summed E-state index contributed by atoms with van der Waals surface area (Å²) in [5, 5.41) is 11.2. The Balaban J connectivity index is 1.40. The molecule has 41 heavy (non-hydrogen) atoms. The highest BCUT2D eigenvalue weighted by molar-refractivity contribution is 7.18. The maximum Gasteiger partial charge on any atom is 0.138 e. The number of hydrogen-bond acceptors (Lipinski definition) is 8. The second-order valence-electron chi connectivity index (χ2n) is 10.9. The van der Waals surface area contributed by atoms with Crippen LogP contribution in [-0.2, 0) is 11.3 Å². The van der Waals surface area contributed by atoms with E-state index in [0.717, 1.165) is 47.3 Å². The van der Waals surface area contributed by atoms with Crippen LogP contribution in [0.4, 0.5) is 19.0 Å². The predicted molar refractivity (Wildman–Crippen MR) is 152 cm³/mol. The van der Waals surface area contributed by atoms with Gasteiger partial charge in [0.05, 0.1) is 24.4 Å². The van der Waals surface area contributed by atoms with E-state index in [1.807, 2.05) is 22.2 Å². The standard InChI is InChI=1S/C29H31F3N6O2S/c1-16-23-11-22(35-38(23)5-4-33-16)27-26(25-21(32)9-17(30)10-24(25)40-7-6-39-2)28-20(3-8-41-28)29(34-27)37-14-19(15-37)36-12-18(31)13-36/h3,8-11,16,18-19,33H,4-7,12-15H2,1-2H3. The minimum Gasteiger partial charge on any atom is -0.490 e. The lowest BCUT2D eigenvalue weighted by Gasteiger charge is -2.50. The van der Waals surface area contributed by atoms with Crippen LogP contribution in [0, 0.1) is 11.6 Å². The van der Waals surface area contributed by atoms with E-state index in [1.54, 1.807) is 7.11 Å². The number of ether oxygens (including phenoxy) is 2. The van der Waals surface area contributed by atoms with E-state index < -0.39 is 17.8 Å². The summed E-state index contributed by atoms with van der Waals surface area (Å²) in [5.74, 6) is -0.580. The first-order valence-corrected chi connectivity index (χ1v) is 14.8. The summed E-state index contributed by atoms with van der Waals surface area (Å²) in [6, 6.07) is 6.45. The molecule has 0 saturated carbocycles.